The second kappa shape index (κ2) is 12.1. The second-order valence-electron chi connectivity index (χ2n) is 9.15. The number of ketones is 1. The van der Waals surface area contributed by atoms with Gasteiger partial charge in [0.2, 0.25) is 0 Å². The number of hydrogen-bond acceptors (Lipinski definition) is 5. The molecule has 0 spiro atoms. The summed E-state index contributed by atoms with van der Waals surface area (Å²) in [7, 11) is 1.38. The van der Waals surface area contributed by atoms with Gasteiger partial charge < -0.3 is 14.9 Å². The van der Waals surface area contributed by atoms with Gasteiger partial charge in [0.25, 0.3) is 0 Å². The monoisotopic (exact) mass is 440 g/mol. The van der Waals surface area contributed by atoms with Crippen LogP contribution in [0, 0.1) is 17.8 Å². The molecule has 2 aliphatic rings. The summed E-state index contributed by atoms with van der Waals surface area (Å²) in [6.07, 6.45) is 12.0. The molecule has 5 nitrogen and oxygen atoms in total. The maximum atomic E-state index is 12.4. The number of Topliss-reactive ketones (excluding diaryl/α,β-unsaturated/α-hetero) is 1. The Morgan fingerprint density at radius 2 is 2.00 bits per heavy atom. The molecule has 174 valence electrons. The lowest BCUT2D eigenvalue weighted by Crippen LogP contribution is -2.20. The summed E-state index contributed by atoms with van der Waals surface area (Å²) in [6, 6.07) is 10.5. The van der Waals surface area contributed by atoms with Gasteiger partial charge in [-0.2, -0.15) is 0 Å². The predicted molar refractivity (Wildman–Crippen MR) is 124 cm³/mol. The van der Waals surface area contributed by atoms with E-state index < -0.39 is 12.2 Å². The first-order valence-electron chi connectivity index (χ1n) is 11.8. The quantitative estimate of drug-likeness (QED) is 0.321. The molecule has 2 saturated carbocycles. The number of ether oxygens (including phenoxy) is 1. The average Bonchev–Trinajstić information content (AvgIpc) is 3.39. The highest BCUT2D eigenvalue weighted by molar-refractivity contribution is 5.84. The third-order valence-electron chi connectivity index (χ3n) is 7.03. The van der Waals surface area contributed by atoms with Crippen molar-refractivity contribution in [3.05, 3.63) is 60.2 Å². The minimum atomic E-state index is -0.690. The van der Waals surface area contributed by atoms with Crippen molar-refractivity contribution in [3.63, 3.8) is 0 Å². The second-order valence-corrected chi connectivity index (χ2v) is 9.15. The molecule has 1 aromatic carbocycles. The molecule has 2 unspecified atom stereocenters. The summed E-state index contributed by atoms with van der Waals surface area (Å²) in [5.74, 6) is 0.0347. The first kappa shape index (κ1) is 24.4. The number of carbonyl (C=O) groups is 2. The van der Waals surface area contributed by atoms with Gasteiger partial charge in [0.1, 0.15) is 5.78 Å². The van der Waals surface area contributed by atoms with Gasteiger partial charge in [0, 0.05) is 24.7 Å². The van der Waals surface area contributed by atoms with Gasteiger partial charge in [-0.1, -0.05) is 54.6 Å². The van der Waals surface area contributed by atoms with Gasteiger partial charge in [-0.3, -0.25) is 9.59 Å². The summed E-state index contributed by atoms with van der Waals surface area (Å²) in [6.45, 7) is 0. The molecule has 5 heteroatoms. The molecular formula is C27H36O5. The van der Waals surface area contributed by atoms with Crippen LogP contribution in [-0.2, 0) is 14.3 Å². The Kier molecular flexibility index (Phi) is 9.24. The highest BCUT2D eigenvalue weighted by atomic mass is 16.5. The van der Waals surface area contributed by atoms with E-state index in [0.29, 0.717) is 25.2 Å². The first-order chi connectivity index (χ1) is 15.5. The molecular weight excluding hydrogens is 404 g/mol. The highest BCUT2D eigenvalue weighted by Crippen LogP contribution is 2.40. The van der Waals surface area contributed by atoms with E-state index in [4.69, 9.17) is 0 Å². The summed E-state index contributed by atoms with van der Waals surface area (Å²) in [4.78, 5) is 23.5. The van der Waals surface area contributed by atoms with Crippen molar-refractivity contribution >= 4 is 11.8 Å². The van der Waals surface area contributed by atoms with E-state index in [9.17, 15) is 19.8 Å². The standard InChI is InChI=1S/C27H36O5/c1-32-27(31)12-8-3-2-7-11-22-23(26(30)18-25(22)29)15-16-24(28)21-14-13-20(17-21)19-9-5-4-6-10-19/h2,4-7,9-10,15-16,20-24,26,28,30H,3,8,11-14,17-18H2,1H3/b7-2-,16-15+/t20?,21?,22-,23-,24-,26-/m1/s1. The molecule has 1 aromatic rings. The van der Waals surface area contributed by atoms with Crippen molar-refractivity contribution in [2.45, 2.75) is 69.5 Å². The van der Waals surface area contributed by atoms with Gasteiger partial charge in [-0.25, -0.2) is 0 Å². The number of carbonyl (C=O) groups excluding carboxylic acids is 2. The molecule has 0 bridgehead atoms. The van der Waals surface area contributed by atoms with Crippen LogP contribution in [0.25, 0.3) is 0 Å². The van der Waals surface area contributed by atoms with Crippen LogP contribution >= 0.6 is 0 Å². The van der Waals surface area contributed by atoms with Gasteiger partial charge >= 0.3 is 5.97 Å². The predicted octanol–water partition coefficient (Wildman–Crippen LogP) is 4.34. The van der Waals surface area contributed by atoms with Crippen LogP contribution in [0.5, 0.6) is 0 Å². The van der Waals surface area contributed by atoms with E-state index in [1.807, 2.05) is 24.3 Å². The van der Waals surface area contributed by atoms with Crippen LogP contribution in [0.3, 0.4) is 0 Å². The number of esters is 1. The maximum absolute atomic E-state index is 12.4. The Balaban J connectivity index is 1.50. The summed E-state index contributed by atoms with van der Waals surface area (Å²) < 4.78 is 4.63. The van der Waals surface area contributed by atoms with Crippen molar-refractivity contribution in [2.24, 2.45) is 17.8 Å². The fourth-order valence-electron chi connectivity index (χ4n) is 5.11. The smallest absolute Gasteiger partial charge is 0.305 e. The Hall–Kier alpha value is -2.24. The molecule has 2 fully saturated rings. The summed E-state index contributed by atoms with van der Waals surface area (Å²) in [5.41, 5.74) is 1.33. The molecule has 0 saturated heterocycles. The van der Waals surface area contributed by atoms with Crippen LogP contribution in [-0.4, -0.2) is 41.3 Å². The lowest BCUT2D eigenvalue weighted by molar-refractivity contribution is -0.140. The summed E-state index contributed by atoms with van der Waals surface area (Å²) in [5, 5.41) is 21.1. The summed E-state index contributed by atoms with van der Waals surface area (Å²) >= 11 is 0. The molecule has 2 aliphatic carbocycles. The molecule has 0 radical (unpaired) electrons. The van der Waals surface area contributed by atoms with E-state index in [2.05, 4.69) is 29.0 Å². The minimum absolute atomic E-state index is 0.0749. The molecule has 3 rings (SSSR count). The Morgan fingerprint density at radius 3 is 2.75 bits per heavy atom. The molecule has 0 aliphatic heterocycles. The van der Waals surface area contributed by atoms with E-state index >= 15 is 0 Å². The fraction of sp³-hybridized carbons (Fsp3) is 0.556. The number of rotatable bonds is 10. The van der Waals surface area contributed by atoms with E-state index in [-0.39, 0.29) is 35.9 Å². The van der Waals surface area contributed by atoms with Crippen LogP contribution in [0.2, 0.25) is 0 Å². The zero-order valence-electron chi connectivity index (χ0n) is 18.9. The van der Waals surface area contributed by atoms with Crippen LogP contribution in [0.15, 0.2) is 54.6 Å². The minimum Gasteiger partial charge on any atom is -0.469 e. The Morgan fingerprint density at radius 1 is 1.22 bits per heavy atom. The fourth-order valence-corrected chi connectivity index (χ4v) is 5.11. The van der Waals surface area contributed by atoms with E-state index in [0.717, 1.165) is 25.7 Å². The van der Waals surface area contributed by atoms with Crippen molar-refractivity contribution in [1.82, 2.24) is 0 Å². The Labute approximate surface area is 191 Å². The van der Waals surface area contributed by atoms with Crippen LogP contribution in [0.1, 0.15) is 62.8 Å². The molecule has 0 heterocycles. The topological polar surface area (TPSA) is 83.8 Å². The molecule has 32 heavy (non-hydrogen) atoms. The number of benzene rings is 1. The Bertz CT molecular complexity index is 800. The molecule has 0 amide bonds. The lowest BCUT2D eigenvalue weighted by Gasteiger charge is -2.19. The van der Waals surface area contributed by atoms with Gasteiger partial charge in [0.15, 0.2) is 0 Å². The normalized spacial score (nSPS) is 29.2. The van der Waals surface area contributed by atoms with Gasteiger partial charge in [-0.15, -0.1) is 0 Å². The third kappa shape index (κ3) is 6.63. The first-order valence-corrected chi connectivity index (χ1v) is 11.8. The number of aliphatic hydroxyl groups excluding tert-OH is 2. The van der Waals surface area contributed by atoms with E-state index in [1.165, 1.54) is 12.7 Å². The SMILES string of the molecule is COC(=O)CCC/C=C\C[C@H]1C(=O)C[C@@H](O)[C@@H]1/C=C/[C@@H](O)C1CCC(c2ccccc2)C1. The maximum Gasteiger partial charge on any atom is 0.305 e. The molecule has 2 N–H and O–H groups in total. The van der Waals surface area contributed by atoms with E-state index in [1.54, 1.807) is 6.08 Å². The van der Waals surface area contributed by atoms with Crippen molar-refractivity contribution in [2.75, 3.05) is 7.11 Å². The number of aliphatic hydroxyl groups is 2. The zero-order valence-corrected chi connectivity index (χ0v) is 18.9. The number of methoxy groups -OCH3 is 1. The largest absolute Gasteiger partial charge is 0.469 e. The third-order valence-corrected chi connectivity index (χ3v) is 7.03. The van der Waals surface area contributed by atoms with Crippen LogP contribution in [0.4, 0.5) is 0 Å². The average molecular weight is 441 g/mol. The van der Waals surface area contributed by atoms with Gasteiger partial charge in [0.05, 0.1) is 19.3 Å². The molecule has 6 atom stereocenters. The lowest BCUT2D eigenvalue weighted by atomic mass is 9.89. The molecule has 0 aromatic heterocycles. The van der Waals surface area contributed by atoms with Crippen molar-refractivity contribution in [3.8, 4) is 0 Å². The number of hydrogen-bond donors (Lipinski definition) is 2. The number of unbranched alkanes of at least 4 members (excludes halogenated alkanes) is 1. The van der Waals surface area contributed by atoms with Crippen molar-refractivity contribution < 1.29 is 24.5 Å². The zero-order chi connectivity index (χ0) is 22.9. The van der Waals surface area contributed by atoms with Crippen LogP contribution < -0.4 is 0 Å². The van der Waals surface area contributed by atoms with Gasteiger partial charge in [-0.05, 0) is 55.9 Å². The van der Waals surface area contributed by atoms with Crippen molar-refractivity contribution in [1.29, 1.82) is 0 Å². The highest BCUT2D eigenvalue weighted by Gasteiger charge is 2.39. The number of allylic oxidation sites excluding steroid dienone is 2.